The minimum atomic E-state index is -0.972. The van der Waals surface area contributed by atoms with E-state index in [9.17, 15) is 9.59 Å². The molecule has 0 saturated carbocycles. The van der Waals surface area contributed by atoms with Gasteiger partial charge in [-0.05, 0) is 38.1 Å². The van der Waals surface area contributed by atoms with Crippen molar-refractivity contribution in [3.63, 3.8) is 0 Å². The van der Waals surface area contributed by atoms with Gasteiger partial charge in [-0.3, -0.25) is 4.79 Å². The van der Waals surface area contributed by atoms with Crippen LogP contribution < -0.4 is 22.6 Å². The molecule has 0 bridgehead atoms. The van der Waals surface area contributed by atoms with Crippen LogP contribution in [0.5, 0.6) is 0 Å². The lowest BCUT2D eigenvalue weighted by molar-refractivity contribution is -0.888. The van der Waals surface area contributed by atoms with Crippen LogP contribution in [-0.4, -0.2) is 36.6 Å². The van der Waals surface area contributed by atoms with E-state index in [2.05, 4.69) is 5.32 Å². The maximum absolute atomic E-state index is 11.7. The average molecular weight is 287 g/mol. The van der Waals surface area contributed by atoms with Gasteiger partial charge in [0.15, 0.2) is 6.54 Å². The van der Waals surface area contributed by atoms with Gasteiger partial charge in [0, 0.05) is 5.69 Å². The van der Waals surface area contributed by atoms with Crippen LogP contribution >= 0.6 is 0 Å². The maximum atomic E-state index is 11.7. The molecule has 0 fully saturated rings. The molecule has 0 heterocycles. The van der Waals surface area contributed by atoms with Gasteiger partial charge in [-0.15, -0.1) is 0 Å². The number of carboxylic acids is 1. The van der Waals surface area contributed by atoms with E-state index in [1.807, 2.05) is 13.8 Å². The largest absolute Gasteiger partial charge is 1.00 e. The van der Waals surface area contributed by atoms with Gasteiger partial charge in [-0.25, -0.2) is 4.79 Å². The van der Waals surface area contributed by atoms with Crippen LogP contribution in [-0.2, 0) is 4.79 Å². The first kappa shape index (κ1) is 17.4. The highest BCUT2D eigenvalue weighted by molar-refractivity contribution is 5.92. The Morgan fingerprint density at radius 3 is 2.11 bits per heavy atom. The molecule has 1 aromatic rings. The quantitative estimate of drug-likeness (QED) is 0.531. The molecule has 0 aliphatic heterocycles. The van der Waals surface area contributed by atoms with E-state index in [4.69, 9.17) is 5.11 Å². The van der Waals surface area contributed by atoms with Crippen LogP contribution in [0.25, 0.3) is 0 Å². The van der Waals surface area contributed by atoms with Crippen molar-refractivity contribution < 1.29 is 32.0 Å². The lowest BCUT2D eigenvalue weighted by Gasteiger charge is -2.14. The molecule has 1 amide bonds. The van der Waals surface area contributed by atoms with Crippen LogP contribution in [0, 0.1) is 0 Å². The zero-order valence-electron chi connectivity index (χ0n) is 11.1. The number of amides is 1. The van der Waals surface area contributed by atoms with E-state index < -0.39 is 5.97 Å². The molecular formula is C13H19ClN2O3. The Balaban J connectivity index is 0.00000324. The number of aromatic carboxylic acids is 1. The molecule has 106 valence electrons. The lowest BCUT2D eigenvalue weighted by Crippen LogP contribution is -3.12. The van der Waals surface area contributed by atoms with Gasteiger partial charge in [-0.1, -0.05) is 0 Å². The maximum Gasteiger partial charge on any atom is 0.335 e. The number of quaternary nitrogens is 1. The van der Waals surface area contributed by atoms with Crippen molar-refractivity contribution in [1.29, 1.82) is 0 Å². The molecule has 5 nitrogen and oxygen atoms in total. The van der Waals surface area contributed by atoms with E-state index in [0.717, 1.165) is 13.1 Å². The van der Waals surface area contributed by atoms with E-state index >= 15 is 0 Å². The van der Waals surface area contributed by atoms with E-state index in [1.54, 1.807) is 12.1 Å². The third-order valence-electron chi connectivity index (χ3n) is 2.83. The van der Waals surface area contributed by atoms with Crippen molar-refractivity contribution in [3.8, 4) is 0 Å². The minimum absolute atomic E-state index is 0. The summed E-state index contributed by atoms with van der Waals surface area (Å²) in [6.45, 7) is 6.30. The Morgan fingerprint density at radius 2 is 1.68 bits per heavy atom. The van der Waals surface area contributed by atoms with E-state index in [1.165, 1.54) is 17.0 Å². The van der Waals surface area contributed by atoms with Crippen LogP contribution in [0.3, 0.4) is 0 Å². The van der Waals surface area contributed by atoms with Crippen molar-refractivity contribution in [3.05, 3.63) is 29.8 Å². The third-order valence-corrected chi connectivity index (χ3v) is 2.83. The van der Waals surface area contributed by atoms with Gasteiger partial charge in [0.2, 0.25) is 0 Å². The minimum Gasteiger partial charge on any atom is -1.00 e. The van der Waals surface area contributed by atoms with Gasteiger partial charge in [0.25, 0.3) is 5.91 Å². The number of halogens is 1. The lowest BCUT2D eigenvalue weighted by atomic mass is 10.2. The summed E-state index contributed by atoms with van der Waals surface area (Å²) in [6.07, 6.45) is 0. The van der Waals surface area contributed by atoms with Crippen molar-refractivity contribution in [2.24, 2.45) is 0 Å². The van der Waals surface area contributed by atoms with Gasteiger partial charge in [0.1, 0.15) is 0 Å². The highest BCUT2D eigenvalue weighted by Crippen LogP contribution is 2.08. The Morgan fingerprint density at radius 1 is 1.16 bits per heavy atom. The summed E-state index contributed by atoms with van der Waals surface area (Å²) < 4.78 is 0. The predicted octanol–water partition coefficient (Wildman–Crippen LogP) is -2.75. The van der Waals surface area contributed by atoms with Gasteiger partial charge >= 0.3 is 5.97 Å². The number of carboxylic acid groups (broad SMARTS) is 1. The first-order valence-electron chi connectivity index (χ1n) is 6.03. The standard InChI is InChI=1S/C13H18N2O3.ClH/c1-3-15(4-2)9-12(16)14-11-7-5-10(6-8-11)13(17)18;/h5-8H,3-4,9H2,1-2H3,(H,14,16)(H,17,18);1H. The first-order valence-corrected chi connectivity index (χ1v) is 6.03. The van der Waals surface area contributed by atoms with Gasteiger partial charge in [0.05, 0.1) is 18.7 Å². The number of hydrogen-bond donors (Lipinski definition) is 3. The van der Waals surface area contributed by atoms with E-state index in [-0.39, 0.29) is 23.9 Å². The number of likely N-dealkylation sites (N-methyl/N-ethyl adjacent to an activating group) is 1. The summed E-state index contributed by atoms with van der Waals surface area (Å²) >= 11 is 0. The molecule has 1 rings (SSSR count). The summed E-state index contributed by atoms with van der Waals surface area (Å²) in [7, 11) is 0. The monoisotopic (exact) mass is 286 g/mol. The SMILES string of the molecule is CC[NH+](CC)CC(=O)Nc1ccc(C(=O)O)cc1.[Cl-]. The first-order chi connectivity index (χ1) is 8.56. The molecule has 0 aromatic heterocycles. The normalized spacial score (nSPS) is 9.84. The van der Waals surface area contributed by atoms with Crippen molar-refractivity contribution in [2.45, 2.75) is 13.8 Å². The van der Waals surface area contributed by atoms with Crippen molar-refractivity contribution in [2.75, 3.05) is 25.0 Å². The average Bonchev–Trinajstić information content (AvgIpc) is 2.36. The summed E-state index contributed by atoms with van der Waals surface area (Å²) in [4.78, 5) is 23.6. The third kappa shape index (κ3) is 5.72. The zero-order chi connectivity index (χ0) is 13.5. The molecule has 1 aromatic carbocycles. The highest BCUT2D eigenvalue weighted by atomic mass is 35.5. The topological polar surface area (TPSA) is 70.8 Å². The number of carbonyl (C=O) groups is 2. The molecule has 0 aliphatic carbocycles. The van der Waals surface area contributed by atoms with Crippen molar-refractivity contribution in [1.82, 2.24) is 0 Å². The Labute approximate surface area is 119 Å². The summed E-state index contributed by atoms with van der Waals surface area (Å²) in [5.41, 5.74) is 0.832. The zero-order valence-corrected chi connectivity index (χ0v) is 11.8. The van der Waals surface area contributed by atoms with Crippen molar-refractivity contribution >= 4 is 17.6 Å². The number of hydrogen-bond acceptors (Lipinski definition) is 2. The highest BCUT2D eigenvalue weighted by Gasteiger charge is 2.10. The second kappa shape index (κ2) is 8.50. The number of benzene rings is 1. The van der Waals surface area contributed by atoms with Gasteiger partial charge < -0.3 is 27.7 Å². The number of carbonyl (C=O) groups excluding carboxylic acids is 1. The summed E-state index contributed by atoms with van der Waals surface area (Å²) in [5.74, 6) is -1.03. The number of nitrogens with one attached hydrogen (secondary N) is 2. The number of rotatable bonds is 6. The molecule has 19 heavy (non-hydrogen) atoms. The summed E-state index contributed by atoms with van der Waals surface area (Å²) in [6, 6.07) is 6.14. The predicted molar refractivity (Wildman–Crippen MR) is 68.9 cm³/mol. The fourth-order valence-electron chi connectivity index (χ4n) is 1.63. The molecule has 0 saturated heterocycles. The molecular weight excluding hydrogens is 268 g/mol. The van der Waals surface area contributed by atoms with Gasteiger partial charge in [-0.2, -0.15) is 0 Å². The molecule has 0 radical (unpaired) electrons. The molecule has 0 spiro atoms. The van der Waals surface area contributed by atoms with Crippen LogP contribution in [0.4, 0.5) is 5.69 Å². The Hall–Kier alpha value is -1.59. The second-order valence-corrected chi connectivity index (χ2v) is 4.06. The van der Waals surface area contributed by atoms with Crippen LogP contribution in [0.2, 0.25) is 0 Å². The molecule has 6 heteroatoms. The molecule has 3 N–H and O–H groups in total. The van der Waals surface area contributed by atoms with Crippen LogP contribution in [0.1, 0.15) is 24.2 Å². The van der Waals surface area contributed by atoms with E-state index in [0.29, 0.717) is 12.2 Å². The number of anilines is 1. The van der Waals surface area contributed by atoms with Crippen LogP contribution in [0.15, 0.2) is 24.3 Å². The molecule has 0 atom stereocenters. The Kier molecular flexibility index (Phi) is 7.79. The smallest absolute Gasteiger partial charge is 0.335 e. The molecule has 0 unspecified atom stereocenters. The Bertz CT molecular complexity index is 416. The fraction of sp³-hybridized carbons (Fsp3) is 0.385. The molecule has 0 aliphatic rings. The fourth-order valence-corrected chi connectivity index (χ4v) is 1.63. The second-order valence-electron chi connectivity index (χ2n) is 4.06. The summed E-state index contributed by atoms with van der Waals surface area (Å²) in [5, 5.41) is 11.5.